The summed E-state index contributed by atoms with van der Waals surface area (Å²) in [4.78, 5) is 12.4. The first-order chi connectivity index (χ1) is 12.2. The van der Waals surface area contributed by atoms with Crippen LogP contribution in [0.4, 0.5) is 0 Å². The van der Waals surface area contributed by atoms with Crippen molar-refractivity contribution in [2.75, 3.05) is 0 Å². The summed E-state index contributed by atoms with van der Waals surface area (Å²) in [5, 5.41) is 6.71. The monoisotopic (exact) mass is 340 g/mol. The van der Waals surface area contributed by atoms with E-state index < -0.39 is 12.2 Å². The number of hydrogen-bond acceptors (Lipinski definition) is 6. The minimum absolute atomic E-state index is 0.220. The van der Waals surface area contributed by atoms with Crippen molar-refractivity contribution >= 4 is 5.91 Å². The molecule has 1 aliphatic heterocycles. The lowest BCUT2D eigenvalue weighted by atomic mass is 10.1. The Kier molecular flexibility index (Phi) is 3.89. The molecule has 0 saturated heterocycles. The lowest BCUT2D eigenvalue weighted by Crippen LogP contribution is -2.48. The highest BCUT2D eigenvalue weighted by Crippen LogP contribution is 2.33. The van der Waals surface area contributed by atoms with Gasteiger partial charge >= 0.3 is 0 Å². The third-order valence-corrected chi connectivity index (χ3v) is 3.87. The van der Waals surface area contributed by atoms with Gasteiger partial charge in [-0.2, -0.15) is 0 Å². The fourth-order valence-corrected chi connectivity index (χ4v) is 2.61. The maximum absolute atomic E-state index is 12.4. The second-order valence-corrected chi connectivity index (χ2v) is 5.69. The van der Waals surface area contributed by atoms with Gasteiger partial charge in [0.15, 0.2) is 17.3 Å². The summed E-state index contributed by atoms with van der Waals surface area (Å²) in [6.07, 6.45) is 0.427. The standard InChI is InChI=1S/C18H16N2O5/c1-11-17(24-15-6-3-2-5-14(15)23-11)18(21)19-10-12-9-16(25-20-12)13-7-4-8-22-13/h2-9,11,17H,10H2,1H3,(H,19,21)/t11-,17-/m1/s1. The summed E-state index contributed by atoms with van der Waals surface area (Å²) in [6.45, 7) is 2.02. The van der Waals surface area contributed by atoms with E-state index in [4.69, 9.17) is 18.4 Å². The molecule has 0 radical (unpaired) electrons. The van der Waals surface area contributed by atoms with Crippen LogP contribution in [0.2, 0.25) is 0 Å². The number of amides is 1. The average Bonchev–Trinajstić information content (AvgIpc) is 3.30. The molecule has 0 aliphatic carbocycles. The molecule has 25 heavy (non-hydrogen) atoms. The van der Waals surface area contributed by atoms with Crippen LogP contribution >= 0.6 is 0 Å². The van der Waals surface area contributed by atoms with Gasteiger partial charge in [-0.15, -0.1) is 0 Å². The molecule has 128 valence electrons. The Labute approximate surface area is 143 Å². The molecule has 0 saturated carbocycles. The lowest BCUT2D eigenvalue weighted by molar-refractivity contribution is -0.133. The Morgan fingerprint density at radius 1 is 1.12 bits per heavy atom. The van der Waals surface area contributed by atoms with Gasteiger partial charge in [0.1, 0.15) is 11.8 Å². The van der Waals surface area contributed by atoms with Gasteiger partial charge in [0, 0.05) is 6.07 Å². The number of para-hydroxylation sites is 2. The summed E-state index contributed by atoms with van der Waals surface area (Å²) in [5.41, 5.74) is 0.588. The minimum atomic E-state index is -0.730. The van der Waals surface area contributed by atoms with Gasteiger partial charge in [-0.05, 0) is 31.2 Å². The number of carbonyl (C=O) groups excluding carboxylic acids is 1. The van der Waals surface area contributed by atoms with E-state index in [2.05, 4.69) is 10.5 Å². The Morgan fingerprint density at radius 3 is 2.68 bits per heavy atom. The van der Waals surface area contributed by atoms with Gasteiger partial charge < -0.3 is 23.7 Å². The van der Waals surface area contributed by atoms with Crippen molar-refractivity contribution in [1.29, 1.82) is 0 Å². The van der Waals surface area contributed by atoms with Gasteiger partial charge in [0.05, 0.1) is 12.8 Å². The SMILES string of the molecule is C[C@H]1Oc2ccccc2O[C@H]1C(=O)NCc1cc(-c2ccco2)on1. The zero-order valence-electron chi connectivity index (χ0n) is 13.5. The van der Waals surface area contributed by atoms with Crippen molar-refractivity contribution in [3.8, 4) is 23.0 Å². The highest BCUT2D eigenvalue weighted by atomic mass is 16.6. The molecule has 1 aromatic carbocycles. The van der Waals surface area contributed by atoms with E-state index in [1.807, 2.05) is 18.2 Å². The Hall–Kier alpha value is -3.22. The molecule has 7 heteroatoms. The number of benzene rings is 1. The van der Waals surface area contributed by atoms with E-state index in [-0.39, 0.29) is 12.5 Å². The zero-order valence-corrected chi connectivity index (χ0v) is 13.5. The molecule has 7 nitrogen and oxygen atoms in total. The normalized spacial score (nSPS) is 18.8. The first-order valence-corrected chi connectivity index (χ1v) is 7.90. The first kappa shape index (κ1) is 15.3. The fourth-order valence-electron chi connectivity index (χ4n) is 2.61. The zero-order chi connectivity index (χ0) is 17.2. The van der Waals surface area contributed by atoms with Gasteiger partial charge in [-0.3, -0.25) is 4.79 Å². The number of nitrogens with one attached hydrogen (secondary N) is 1. The Bertz CT molecular complexity index is 871. The number of nitrogens with zero attached hydrogens (tertiary/aromatic N) is 1. The summed E-state index contributed by atoms with van der Waals surface area (Å²) >= 11 is 0. The number of furan rings is 1. The van der Waals surface area contributed by atoms with E-state index in [9.17, 15) is 4.79 Å². The van der Waals surface area contributed by atoms with Crippen LogP contribution < -0.4 is 14.8 Å². The Balaban J connectivity index is 1.39. The van der Waals surface area contributed by atoms with Gasteiger partial charge in [0.2, 0.25) is 11.9 Å². The maximum Gasteiger partial charge on any atom is 0.265 e. The highest BCUT2D eigenvalue weighted by molar-refractivity contribution is 5.82. The molecule has 1 aliphatic rings. The van der Waals surface area contributed by atoms with Crippen LogP contribution in [0.25, 0.3) is 11.5 Å². The smallest absolute Gasteiger partial charge is 0.265 e. The molecular weight excluding hydrogens is 324 g/mol. The van der Waals surface area contributed by atoms with E-state index in [1.54, 1.807) is 37.5 Å². The third-order valence-electron chi connectivity index (χ3n) is 3.87. The number of fused-ring (bicyclic) bond motifs is 1. The molecule has 0 fully saturated rings. The maximum atomic E-state index is 12.4. The molecule has 4 rings (SSSR count). The molecule has 3 heterocycles. The van der Waals surface area contributed by atoms with Crippen molar-refractivity contribution in [3.05, 3.63) is 54.4 Å². The molecular formula is C18H16N2O5. The third kappa shape index (κ3) is 3.08. The van der Waals surface area contributed by atoms with E-state index in [0.717, 1.165) is 0 Å². The van der Waals surface area contributed by atoms with Crippen molar-refractivity contribution in [2.45, 2.75) is 25.7 Å². The molecule has 2 atom stereocenters. The van der Waals surface area contributed by atoms with Gasteiger partial charge in [-0.1, -0.05) is 17.3 Å². The van der Waals surface area contributed by atoms with Crippen LogP contribution in [0.15, 0.2) is 57.7 Å². The fraction of sp³-hybridized carbons (Fsp3) is 0.222. The number of aromatic nitrogens is 1. The first-order valence-electron chi connectivity index (χ1n) is 7.90. The largest absolute Gasteiger partial charge is 0.482 e. The Morgan fingerprint density at radius 2 is 1.92 bits per heavy atom. The summed E-state index contributed by atoms with van der Waals surface area (Å²) in [5.74, 6) is 2.01. The molecule has 2 aromatic heterocycles. The van der Waals surface area contributed by atoms with Crippen LogP contribution in [0.5, 0.6) is 11.5 Å². The molecule has 0 unspecified atom stereocenters. The highest BCUT2D eigenvalue weighted by Gasteiger charge is 2.33. The summed E-state index contributed by atoms with van der Waals surface area (Å²) in [7, 11) is 0. The molecule has 0 spiro atoms. The molecule has 1 N–H and O–H groups in total. The number of rotatable bonds is 4. The van der Waals surface area contributed by atoms with Gasteiger partial charge in [-0.25, -0.2) is 0 Å². The summed E-state index contributed by atoms with van der Waals surface area (Å²) in [6, 6.07) is 12.5. The summed E-state index contributed by atoms with van der Waals surface area (Å²) < 4.78 is 21.9. The molecule has 3 aromatic rings. The molecule has 1 amide bonds. The molecule has 0 bridgehead atoms. The second-order valence-electron chi connectivity index (χ2n) is 5.69. The number of carbonyl (C=O) groups is 1. The predicted octanol–water partition coefficient (Wildman–Crippen LogP) is 2.78. The van der Waals surface area contributed by atoms with Crippen molar-refractivity contribution in [2.24, 2.45) is 0 Å². The van der Waals surface area contributed by atoms with Crippen LogP contribution in [-0.4, -0.2) is 23.3 Å². The van der Waals surface area contributed by atoms with Crippen LogP contribution in [0, 0.1) is 0 Å². The topological polar surface area (TPSA) is 86.7 Å². The van der Waals surface area contributed by atoms with Gasteiger partial charge in [0.25, 0.3) is 5.91 Å². The van der Waals surface area contributed by atoms with Crippen molar-refractivity contribution in [3.63, 3.8) is 0 Å². The van der Waals surface area contributed by atoms with Crippen LogP contribution in [0.1, 0.15) is 12.6 Å². The van der Waals surface area contributed by atoms with E-state index >= 15 is 0 Å². The quantitative estimate of drug-likeness (QED) is 0.786. The minimum Gasteiger partial charge on any atom is -0.482 e. The number of ether oxygens (including phenoxy) is 2. The lowest BCUT2D eigenvalue weighted by Gasteiger charge is -2.30. The number of hydrogen-bond donors (Lipinski definition) is 1. The average molecular weight is 340 g/mol. The van der Waals surface area contributed by atoms with Crippen molar-refractivity contribution in [1.82, 2.24) is 10.5 Å². The van der Waals surface area contributed by atoms with Crippen molar-refractivity contribution < 1.29 is 23.2 Å². The van der Waals surface area contributed by atoms with E-state index in [1.165, 1.54) is 0 Å². The van der Waals surface area contributed by atoms with Crippen LogP contribution in [-0.2, 0) is 11.3 Å². The second kappa shape index (κ2) is 6.35. The van der Waals surface area contributed by atoms with E-state index in [0.29, 0.717) is 28.7 Å². The predicted molar refractivity (Wildman–Crippen MR) is 87.0 cm³/mol. The van der Waals surface area contributed by atoms with Crippen LogP contribution in [0.3, 0.4) is 0 Å².